The van der Waals surface area contributed by atoms with E-state index in [1.54, 1.807) is 0 Å². The van der Waals surface area contributed by atoms with Crippen LogP contribution in [0.5, 0.6) is 0 Å². The first kappa shape index (κ1) is 25.3. The Hall–Kier alpha value is -3.82. The van der Waals surface area contributed by atoms with Crippen LogP contribution in [-0.4, -0.2) is 23.8 Å². The summed E-state index contributed by atoms with van der Waals surface area (Å²) in [5, 5.41) is 20.1. The first-order chi connectivity index (χ1) is 17.5. The zero-order valence-corrected chi connectivity index (χ0v) is 20.7. The van der Waals surface area contributed by atoms with Crippen molar-refractivity contribution in [3.05, 3.63) is 81.3 Å². The summed E-state index contributed by atoms with van der Waals surface area (Å²) in [6.45, 7) is 0. The van der Waals surface area contributed by atoms with Crippen LogP contribution in [-0.2, 0) is 27.1 Å². The van der Waals surface area contributed by atoms with Crippen molar-refractivity contribution in [2.75, 3.05) is 12.9 Å². The molecule has 0 fully saturated rings. The molecule has 4 rings (SSSR count). The molecule has 9 heteroatoms. The van der Waals surface area contributed by atoms with Gasteiger partial charge < -0.3 is 15.2 Å². The molecule has 0 saturated heterocycles. The van der Waals surface area contributed by atoms with Gasteiger partial charge >= 0.3 is 5.97 Å². The largest absolute Gasteiger partial charge is 0.466 e. The van der Waals surface area contributed by atoms with E-state index < -0.39 is 17.7 Å². The molecule has 0 spiro atoms. The van der Waals surface area contributed by atoms with Crippen LogP contribution in [0.15, 0.2) is 58.1 Å². The molecule has 2 N–H and O–H groups in total. The van der Waals surface area contributed by atoms with Gasteiger partial charge in [0.1, 0.15) is 34.3 Å². The SMILES string of the molecule is COC(=O)C1=C(CSc2nc3c(cc2C#N)CCCCCC3)OC(N)=C(C#N)[C@H]1c1ccc(F)cc1. The highest BCUT2D eigenvalue weighted by atomic mass is 32.2. The van der Waals surface area contributed by atoms with E-state index in [-0.39, 0.29) is 28.5 Å². The minimum Gasteiger partial charge on any atom is -0.466 e. The van der Waals surface area contributed by atoms with Crippen molar-refractivity contribution >= 4 is 17.7 Å². The third kappa shape index (κ3) is 5.22. The molecular formula is C27H25FN4O3S. The number of hydrogen-bond donors (Lipinski definition) is 1. The second-order valence-electron chi connectivity index (χ2n) is 8.57. The third-order valence-electron chi connectivity index (χ3n) is 6.33. The Morgan fingerprint density at radius 2 is 1.92 bits per heavy atom. The summed E-state index contributed by atoms with van der Waals surface area (Å²) >= 11 is 1.26. The molecule has 0 amide bonds. The number of ether oxygens (including phenoxy) is 2. The minimum absolute atomic E-state index is 0.0349. The average molecular weight is 505 g/mol. The molecule has 1 aromatic carbocycles. The van der Waals surface area contributed by atoms with Crippen LogP contribution in [0.2, 0.25) is 0 Å². The smallest absolute Gasteiger partial charge is 0.338 e. The maximum atomic E-state index is 13.6. The quantitative estimate of drug-likeness (QED) is 0.456. The minimum atomic E-state index is -0.883. The zero-order valence-electron chi connectivity index (χ0n) is 19.8. The highest BCUT2D eigenvalue weighted by Crippen LogP contribution is 2.41. The number of aromatic nitrogens is 1. The van der Waals surface area contributed by atoms with E-state index in [0.29, 0.717) is 16.2 Å². The number of aryl methyl sites for hydroxylation is 2. The summed E-state index contributed by atoms with van der Waals surface area (Å²) in [5.74, 6) is -1.83. The van der Waals surface area contributed by atoms with Gasteiger partial charge in [0.2, 0.25) is 5.88 Å². The summed E-state index contributed by atoms with van der Waals surface area (Å²) in [6.07, 6.45) is 6.22. The number of nitrogens with zero attached hydrogens (tertiary/aromatic N) is 3. The number of nitrogens with two attached hydrogens (primary N) is 1. The summed E-state index contributed by atoms with van der Waals surface area (Å²) in [6, 6.07) is 11.7. The maximum absolute atomic E-state index is 13.6. The molecule has 0 unspecified atom stereocenters. The van der Waals surface area contributed by atoms with Crippen LogP contribution in [0, 0.1) is 28.5 Å². The van der Waals surface area contributed by atoms with Crippen molar-refractivity contribution in [1.82, 2.24) is 4.98 Å². The second-order valence-corrected chi connectivity index (χ2v) is 9.53. The molecule has 2 heterocycles. The first-order valence-corrected chi connectivity index (χ1v) is 12.7. The fourth-order valence-electron chi connectivity index (χ4n) is 4.54. The first-order valence-electron chi connectivity index (χ1n) is 11.7. The number of allylic oxidation sites excluding steroid dienone is 1. The van der Waals surface area contributed by atoms with Crippen LogP contribution < -0.4 is 5.73 Å². The number of carbonyl (C=O) groups excluding carboxylic acids is 1. The van der Waals surface area contributed by atoms with Crippen molar-refractivity contribution in [3.8, 4) is 12.1 Å². The fraction of sp³-hybridized carbons (Fsp3) is 0.333. The standard InChI is InChI=1S/C27H25FN4O3S/c1-34-27(33)24-22(35-25(31)20(14-30)23(24)16-8-10-19(28)11-9-16)15-36-26-18(13-29)12-17-6-4-2-3-5-7-21(17)32-26/h8-12,23H,2-7,15,31H2,1H3/t23-/m1/s1. The number of esters is 1. The average Bonchev–Trinajstić information content (AvgIpc) is 2.87. The number of methoxy groups -OCH3 is 1. The molecular weight excluding hydrogens is 479 g/mol. The summed E-state index contributed by atoms with van der Waals surface area (Å²) in [4.78, 5) is 17.7. The predicted molar refractivity (Wildman–Crippen MR) is 132 cm³/mol. The number of carbonyl (C=O) groups is 1. The Morgan fingerprint density at radius 3 is 2.58 bits per heavy atom. The summed E-state index contributed by atoms with van der Waals surface area (Å²) < 4.78 is 24.4. The Bertz CT molecular complexity index is 1320. The molecule has 2 aromatic rings. The van der Waals surface area contributed by atoms with E-state index in [0.717, 1.165) is 43.4 Å². The van der Waals surface area contributed by atoms with Crippen LogP contribution in [0.25, 0.3) is 0 Å². The highest BCUT2D eigenvalue weighted by molar-refractivity contribution is 7.99. The van der Waals surface area contributed by atoms with E-state index in [4.69, 9.17) is 20.2 Å². The third-order valence-corrected chi connectivity index (χ3v) is 7.32. The lowest BCUT2D eigenvalue weighted by Crippen LogP contribution is -2.26. The number of thioether (sulfide) groups is 1. The zero-order chi connectivity index (χ0) is 25.7. The van der Waals surface area contributed by atoms with Gasteiger partial charge in [0, 0.05) is 5.69 Å². The summed E-state index contributed by atoms with van der Waals surface area (Å²) in [5.41, 5.74) is 9.30. The summed E-state index contributed by atoms with van der Waals surface area (Å²) in [7, 11) is 1.24. The molecule has 7 nitrogen and oxygen atoms in total. The topological polar surface area (TPSA) is 122 Å². The number of nitriles is 2. The Kier molecular flexibility index (Phi) is 7.92. The number of fused-ring (bicyclic) bond motifs is 1. The second kappa shape index (κ2) is 11.3. The Morgan fingerprint density at radius 1 is 1.19 bits per heavy atom. The number of benzene rings is 1. The Labute approximate surface area is 213 Å². The normalized spacial score (nSPS) is 17.7. The van der Waals surface area contributed by atoms with Gasteiger partial charge in [-0.05, 0) is 55.0 Å². The van der Waals surface area contributed by atoms with Crippen molar-refractivity contribution in [2.45, 2.75) is 49.5 Å². The highest BCUT2D eigenvalue weighted by Gasteiger charge is 2.37. The van der Waals surface area contributed by atoms with E-state index in [2.05, 4.69) is 6.07 Å². The monoisotopic (exact) mass is 504 g/mol. The molecule has 2 aliphatic rings. The van der Waals surface area contributed by atoms with Crippen molar-refractivity contribution in [3.63, 3.8) is 0 Å². The van der Waals surface area contributed by atoms with Gasteiger partial charge in [-0.15, -0.1) is 0 Å². The van der Waals surface area contributed by atoms with Gasteiger partial charge in [0.05, 0.1) is 29.9 Å². The van der Waals surface area contributed by atoms with Crippen LogP contribution in [0.4, 0.5) is 4.39 Å². The molecule has 1 aliphatic heterocycles. The lowest BCUT2D eigenvalue weighted by Gasteiger charge is -2.28. The van der Waals surface area contributed by atoms with Crippen molar-refractivity contribution in [2.24, 2.45) is 5.73 Å². The van der Waals surface area contributed by atoms with Crippen LogP contribution in [0.3, 0.4) is 0 Å². The van der Waals surface area contributed by atoms with Crippen LogP contribution in [0.1, 0.15) is 54.0 Å². The number of rotatable bonds is 5. The molecule has 0 saturated carbocycles. The van der Waals surface area contributed by atoms with Gasteiger partial charge in [0.15, 0.2) is 0 Å². The van der Waals surface area contributed by atoms with E-state index in [1.807, 2.05) is 12.1 Å². The lowest BCUT2D eigenvalue weighted by molar-refractivity contribution is -0.136. The van der Waals surface area contributed by atoms with Crippen molar-refractivity contribution in [1.29, 1.82) is 10.5 Å². The van der Waals surface area contributed by atoms with E-state index in [9.17, 15) is 19.7 Å². The number of halogens is 1. The Balaban J connectivity index is 1.73. The molecule has 1 aliphatic carbocycles. The fourth-order valence-corrected chi connectivity index (χ4v) is 5.46. The predicted octanol–water partition coefficient (Wildman–Crippen LogP) is 4.78. The lowest BCUT2D eigenvalue weighted by atomic mass is 9.83. The molecule has 184 valence electrons. The molecule has 1 atom stereocenters. The van der Waals surface area contributed by atoms with Gasteiger partial charge in [-0.1, -0.05) is 36.7 Å². The van der Waals surface area contributed by atoms with Crippen molar-refractivity contribution < 1.29 is 18.7 Å². The molecule has 36 heavy (non-hydrogen) atoms. The maximum Gasteiger partial charge on any atom is 0.338 e. The molecule has 0 radical (unpaired) electrons. The van der Waals surface area contributed by atoms with Gasteiger partial charge in [-0.3, -0.25) is 0 Å². The number of pyridine rings is 1. The number of hydrogen-bond acceptors (Lipinski definition) is 8. The molecule has 1 aromatic heterocycles. The van der Waals surface area contributed by atoms with Gasteiger partial charge in [-0.25, -0.2) is 14.2 Å². The van der Waals surface area contributed by atoms with E-state index in [1.165, 1.54) is 49.6 Å². The van der Waals surface area contributed by atoms with E-state index >= 15 is 0 Å². The van der Waals surface area contributed by atoms with Gasteiger partial charge in [-0.2, -0.15) is 10.5 Å². The molecule has 0 bridgehead atoms. The van der Waals surface area contributed by atoms with Crippen LogP contribution >= 0.6 is 11.8 Å². The van der Waals surface area contributed by atoms with Gasteiger partial charge in [0.25, 0.3) is 0 Å².